The van der Waals surface area contributed by atoms with Gasteiger partial charge in [-0.25, -0.2) is 0 Å². The minimum absolute atomic E-state index is 0.0657. The molecule has 0 spiro atoms. The zero-order valence-electron chi connectivity index (χ0n) is 11.7. The predicted octanol–water partition coefficient (Wildman–Crippen LogP) is 1.65. The number of nitrogens with zero attached hydrogens (tertiary/aromatic N) is 2. The number of piperidine rings is 1. The summed E-state index contributed by atoms with van der Waals surface area (Å²) in [7, 11) is 0. The Kier molecular flexibility index (Phi) is 5.39. The summed E-state index contributed by atoms with van der Waals surface area (Å²) in [6, 6.07) is 1.68. The number of likely N-dealkylation sites (tertiary alicyclic amines) is 1. The molecule has 1 saturated heterocycles. The Balaban J connectivity index is 1.53. The van der Waals surface area contributed by atoms with Gasteiger partial charge in [0.2, 0.25) is 0 Å². The van der Waals surface area contributed by atoms with Crippen molar-refractivity contribution >= 4 is 5.91 Å². The molecular formula is C14H24N4O. The third-order valence-electron chi connectivity index (χ3n) is 3.67. The van der Waals surface area contributed by atoms with Gasteiger partial charge in [-0.1, -0.05) is 6.92 Å². The minimum Gasteiger partial charge on any atom is -0.351 e. The fourth-order valence-electron chi connectivity index (χ4n) is 2.63. The number of aromatic nitrogens is 2. The average Bonchev–Trinajstić information content (AvgIpc) is 2.92. The second-order valence-electron chi connectivity index (χ2n) is 5.48. The summed E-state index contributed by atoms with van der Waals surface area (Å²) in [4.78, 5) is 14.2. The van der Waals surface area contributed by atoms with Crippen LogP contribution in [-0.2, 0) is 0 Å². The van der Waals surface area contributed by atoms with Crippen molar-refractivity contribution in [2.75, 3.05) is 26.2 Å². The molecule has 0 bridgehead atoms. The lowest BCUT2D eigenvalue weighted by Crippen LogP contribution is -2.35. The Bertz CT molecular complexity index is 377. The molecule has 0 saturated carbocycles. The molecule has 106 valence electrons. The molecule has 0 radical (unpaired) electrons. The predicted molar refractivity (Wildman–Crippen MR) is 75.0 cm³/mol. The molecule has 5 nitrogen and oxygen atoms in total. The van der Waals surface area contributed by atoms with Crippen molar-refractivity contribution in [3.05, 3.63) is 18.0 Å². The van der Waals surface area contributed by atoms with Crippen molar-refractivity contribution in [2.45, 2.75) is 32.6 Å². The molecule has 2 heterocycles. The summed E-state index contributed by atoms with van der Waals surface area (Å²) >= 11 is 0. The first-order chi connectivity index (χ1) is 9.25. The van der Waals surface area contributed by atoms with E-state index in [1.54, 1.807) is 12.3 Å². The third-order valence-corrected chi connectivity index (χ3v) is 3.67. The van der Waals surface area contributed by atoms with Crippen LogP contribution in [0.25, 0.3) is 0 Å². The van der Waals surface area contributed by atoms with E-state index >= 15 is 0 Å². The molecule has 1 atom stereocenters. The molecule has 0 aliphatic carbocycles. The molecule has 1 amide bonds. The number of nitrogens with one attached hydrogen (secondary N) is 2. The van der Waals surface area contributed by atoms with Gasteiger partial charge in [-0.05, 0) is 50.8 Å². The Labute approximate surface area is 114 Å². The first-order valence-electron chi connectivity index (χ1n) is 7.25. The van der Waals surface area contributed by atoms with Crippen LogP contribution in [0.2, 0.25) is 0 Å². The van der Waals surface area contributed by atoms with Gasteiger partial charge in [-0.15, -0.1) is 0 Å². The van der Waals surface area contributed by atoms with E-state index < -0.39 is 0 Å². The highest BCUT2D eigenvalue weighted by Crippen LogP contribution is 2.15. The Morgan fingerprint density at radius 3 is 3.21 bits per heavy atom. The van der Waals surface area contributed by atoms with Crippen molar-refractivity contribution in [3.63, 3.8) is 0 Å². The topological polar surface area (TPSA) is 61.0 Å². The highest BCUT2D eigenvalue weighted by Gasteiger charge is 2.15. The number of H-pyrrole nitrogens is 1. The first-order valence-corrected chi connectivity index (χ1v) is 7.25. The highest BCUT2D eigenvalue weighted by molar-refractivity contribution is 5.91. The van der Waals surface area contributed by atoms with E-state index in [1.165, 1.54) is 25.9 Å². The van der Waals surface area contributed by atoms with E-state index in [9.17, 15) is 4.79 Å². The van der Waals surface area contributed by atoms with Crippen molar-refractivity contribution in [2.24, 2.45) is 5.92 Å². The summed E-state index contributed by atoms with van der Waals surface area (Å²) in [5.74, 6) is 0.776. The summed E-state index contributed by atoms with van der Waals surface area (Å²) in [6.07, 6.45) is 6.47. The van der Waals surface area contributed by atoms with Crippen LogP contribution in [0.1, 0.15) is 43.1 Å². The van der Waals surface area contributed by atoms with Crippen LogP contribution < -0.4 is 5.32 Å². The van der Waals surface area contributed by atoms with Gasteiger partial charge in [-0.3, -0.25) is 9.89 Å². The zero-order valence-corrected chi connectivity index (χ0v) is 11.7. The summed E-state index contributed by atoms with van der Waals surface area (Å²) < 4.78 is 0. The summed E-state index contributed by atoms with van der Waals surface area (Å²) in [6.45, 7) is 6.70. The van der Waals surface area contributed by atoms with Crippen LogP contribution in [0.15, 0.2) is 12.3 Å². The number of hydrogen-bond donors (Lipinski definition) is 2. The van der Waals surface area contributed by atoms with Crippen LogP contribution in [0.3, 0.4) is 0 Å². The van der Waals surface area contributed by atoms with Crippen LogP contribution in [0.5, 0.6) is 0 Å². The monoisotopic (exact) mass is 264 g/mol. The first kappa shape index (κ1) is 14.1. The number of carbonyl (C=O) groups is 1. The quantitative estimate of drug-likeness (QED) is 0.768. The number of aromatic amines is 1. The fourth-order valence-corrected chi connectivity index (χ4v) is 2.63. The second-order valence-corrected chi connectivity index (χ2v) is 5.48. The molecule has 2 rings (SSSR count). The lowest BCUT2D eigenvalue weighted by molar-refractivity contribution is 0.0947. The van der Waals surface area contributed by atoms with Crippen molar-refractivity contribution in [3.8, 4) is 0 Å². The maximum absolute atomic E-state index is 11.6. The SMILES string of the molecule is CC1CCCN(CCCCNC(=O)c2ccn[nH]2)C1. The van der Waals surface area contributed by atoms with Gasteiger partial charge in [0.15, 0.2) is 0 Å². The van der Waals surface area contributed by atoms with Crippen LogP contribution in [0.4, 0.5) is 0 Å². The van der Waals surface area contributed by atoms with Gasteiger partial charge in [-0.2, -0.15) is 5.10 Å². The van der Waals surface area contributed by atoms with Gasteiger partial charge >= 0.3 is 0 Å². The molecule has 1 fully saturated rings. The van der Waals surface area contributed by atoms with Crippen molar-refractivity contribution in [1.29, 1.82) is 0 Å². The summed E-state index contributed by atoms with van der Waals surface area (Å²) in [5.41, 5.74) is 0.532. The standard InChI is InChI=1S/C14H24N4O/c1-12-5-4-10-18(11-12)9-3-2-7-15-14(19)13-6-8-16-17-13/h6,8,12H,2-5,7,9-11H2,1H3,(H,15,19)(H,16,17). The van der Waals surface area contributed by atoms with Crippen LogP contribution >= 0.6 is 0 Å². The van der Waals surface area contributed by atoms with E-state index in [4.69, 9.17) is 0 Å². The number of rotatable bonds is 6. The van der Waals surface area contributed by atoms with E-state index in [0.717, 1.165) is 31.8 Å². The van der Waals surface area contributed by atoms with E-state index in [1.807, 2.05) is 0 Å². The molecule has 1 aromatic heterocycles. The maximum atomic E-state index is 11.6. The van der Waals surface area contributed by atoms with Crippen LogP contribution in [-0.4, -0.2) is 47.2 Å². The number of carbonyl (C=O) groups excluding carboxylic acids is 1. The third kappa shape index (κ3) is 4.67. The average molecular weight is 264 g/mol. The molecule has 1 unspecified atom stereocenters. The minimum atomic E-state index is -0.0657. The van der Waals surface area contributed by atoms with Gasteiger partial charge in [0, 0.05) is 19.3 Å². The van der Waals surface area contributed by atoms with Gasteiger partial charge < -0.3 is 10.2 Å². The van der Waals surface area contributed by atoms with Gasteiger partial charge in [0.25, 0.3) is 5.91 Å². The number of amides is 1. The lowest BCUT2D eigenvalue weighted by Gasteiger charge is -2.30. The Morgan fingerprint density at radius 2 is 2.47 bits per heavy atom. The van der Waals surface area contributed by atoms with Crippen LogP contribution in [0, 0.1) is 5.92 Å². The Hall–Kier alpha value is -1.36. The van der Waals surface area contributed by atoms with Crippen molar-refractivity contribution < 1.29 is 4.79 Å². The van der Waals surface area contributed by atoms with Gasteiger partial charge in [0.05, 0.1) is 0 Å². The molecule has 19 heavy (non-hydrogen) atoms. The van der Waals surface area contributed by atoms with Gasteiger partial charge in [0.1, 0.15) is 5.69 Å². The second kappa shape index (κ2) is 7.28. The molecule has 1 aromatic rings. The lowest BCUT2D eigenvalue weighted by atomic mass is 10.0. The number of hydrogen-bond acceptors (Lipinski definition) is 3. The summed E-state index contributed by atoms with van der Waals surface area (Å²) in [5, 5.41) is 9.33. The maximum Gasteiger partial charge on any atom is 0.269 e. The van der Waals surface area contributed by atoms with E-state index in [-0.39, 0.29) is 5.91 Å². The molecule has 0 aromatic carbocycles. The fraction of sp³-hybridized carbons (Fsp3) is 0.714. The normalized spacial score (nSPS) is 20.4. The van der Waals surface area contributed by atoms with E-state index in [0.29, 0.717) is 5.69 Å². The van der Waals surface area contributed by atoms with Crippen molar-refractivity contribution in [1.82, 2.24) is 20.4 Å². The number of unbranched alkanes of at least 4 members (excludes halogenated alkanes) is 1. The molecule has 1 aliphatic rings. The zero-order chi connectivity index (χ0) is 13.5. The smallest absolute Gasteiger partial charge is 0.269 e. The largest absolute Gasteiger partial charge is 0.351 e. The highest BCUT2D eigenvalue weighted by atomic mass is 16.1. The Morgan fingerprint density at radius 1 is 1.58 bits per heavy atom. The molecule has 1 aliphatic heterocycles. The molecule has 5 heteroatoms. The van der Waals surface area contributed by atoms with E-state index in [2.05, 4.69) is 27.3 Å². The molecular weight excluding hydrogens is 240 g/mol. The molecule has 2 N–H and O–H groups in total.